The van der Waals surface area contributed by atoms with Crippen molar-refractivity contribution in [3.63, 3.8) is 0 Å². The van der Waals surface area contributed by atoms with Crippen LogP contribution in [0.15, 0.2) is 28.5 Å². The van der Waals surface area contributed by atoms with E-state index in [0.717, 1.165) is 22.4 Å². The van der Waals surface area contributed by atoms with E-state index in [-0.39, 0.29) is 117 Å². The van der Waals surface area contributed by atoms with E-state index >= 15 is 0 Å². The number of carbonyl (C=O) groups is 1. The molecule has 0 aliphatic carbocycles. The van der Waals surface area contributed by atoms with Gasteiger partial charge in [-0.3, -0.25) is 10.9 Å². The number of hydrogen-bond donors (Lipinski definition) is 1. The monoisotopic (exact) mass is 813 g/mol. The third kappa shape index (κ3) is 17.0. The fourth-order valence-corrected chi connectivity index (χ4v) is 1.17. The molecule has 0 unspecified atom stereocenters. The van der Waals surface area contributed by atoms with Crippen LogP contribution in [-0.2, 0) is 77.1 Å². The molecule has 1 amide bonds. The fourth-order valence-electron chi connectivity index (χ4n) is 1.17. The van der Waals surface area contributed by atoms with E-state index in [2.05, 4.69) is 11.4 Å². The van der Waals surface area contributed by atoms with Crippen LogP contribution in [0, 0.1) is 44.6 Å². The second kappa shape index (κ2) is 27.9. The molecule has 124 valence electrons. The first-order valence-electron chi connectivity index (χ1n) is 6.28. The number of rotatable bonds is 1. The Morgan fingerprint density at radius 3 is 1.73 bits per heavy atom. The molecule has 0 bridgehead atoms. The van der Waals surface area contributed by atoms with Crippen molar-refractivity contribution in [1.82, 2.24) is 5.32 Å². The molecule has 1 heterocycles. The van der Waals surface area contributed by atoms with Crippen molar-refractivity contribution in [3.8, 4) is 0 Å². The Hall–Kier alpha value is 2.12. The minimum Gasteiger partial charge on any atom is -0.358 e. The van der Waals surface area contributed by atoms with Crippen LogP contribution in [-0.4, -0.2) is 5.91 Å². The first-order chi connectivity index (χ1) is 8.06. The van der Waals surface area contributed by atoms with Gasteiger partial charge in [-0.05, 0) is 25.0 Å². The predicted octanol–water partition coefficient (Wildman–Crippen LogP) is 4.60. The Morgan fingerprint density at radius 1 is 1.14 bits per heavy atom. The number of amides is 1. The zero-order valence-corrected chi connectivity index (χ0v) is 26.8. The number of carbonyl (C=O) groups excluding carboxylic acids is 1. The summed E-state index contributed by atoms with van der Waals surface area (Å²) < 4.78 is 0. The van der Waals surface area contributed by atoms with E-state index in [9.17, 15) is 4.79 Å². The van der Waals surface area contributed by atoms with E-state index in [1.54, 1.807) is 0 Å². The Kier molecular flexibility index (Phi) is 55.9. The largest absolute Gasteiger partial charge is 0.358 e. The van der Waals surface area contributed by atoms with Crippen LogP contribution in [0.1, 0.15) is 55.4 Å². The molecule has 0 spiro atoms. The van der Waals surface area contributed by atoms with Crippen molar-refractivity contribution in [1.29, 1.82) is 0 Å². The smallest absolute Gasteiger partial charge is 0.237 e. The Morgan fingerprint density at radius 2 is 1.50 bits per heavy atom. The van der Waals surface area contributed by atoms with Gasteiger partial charge in [-0.25, -0.2) is 5.57 Å². The van der Waals surface area contributed by atoms with Crippen LogP contribution in [0.3, 0.4) is 0 Å². The van der Waals surface area contributed by atoms with Gasteiger partial charge in [0.2, 0.25) is 5.91 Å². The Bertz CT molecular complexity index is 356. The molecule has 0 fully saturated rings. The van der Waals surface area contributed by atoms with E-state index in [1.165, 1.54) is 0 Å². The van der Waals surface area contributed by atoms with E-state index in [4.69, 9.17) is 0 Å². The van der Waals surface area contributed by atoms with Gasteiger partial charge in [0.05, 0.1) is 0 Å². The van der Waals surface area contributed by atoms with Gasteiger partial charge in [0.15, 0.2) is 0 Å². The van der Waals surface area contributed by atoms with Gasteiger partial charge < -0.3 is 12.7 Å². The minimum absolute atomic E-state index is 0. The minimum atomic E-state index is -0.00963. The molecule has 0 saturated heterocycles. The van der Waals surface area contributed by atoms with Crippen LogP contribution in [0.2, 0.25) is 0 Å². The summed E-state index contributed by atoms with van der Waals surface area (Å²) in [5.41, 5.74) is 3.71. The third-order valence-corrected chi connectivity index (χ3v) is 2.27. The Labute approximate surface area is 214 Å². The van der Waals surface area contributed by atoms with Crippen LogP contribution >= 0.6 is 0 Å². The Balaban J connectivity index is -0.0000000463. The van der Waals surface area contributed by atoms with Crippen molar-refractivity contribution >= 4 is 5.91 Å². The first-order valence-corrected chi connectivity index (χ1v) is 6.28. The molecule has 0 aromatic carbocycles. The van der Waals surface area contributed by atoms with Crippen molar-refractivity contribution in [2.45, 2.75) is 55.4 Å². The number of hydrogen-bond acceptors (Lipinski definition) is 1. The standard InChI is InChI=1S/C11H14NO.2C2H6.CH3.U.V.W.Y/c1-5-7(2)6-10-8(3)9(4)12-11(10)13;2*1-2;;;;;/h6H,1-4H3,(H,12,13);2*1-2H3;1H3;;;;/q-1;;;-1;;;;/b10-6-;;;;;;;. The van der Waals surface area contributed by atoms with Crippen LogP contribution in [0.4, 0.5) is 0 Å². The summed E-state index contributed by atoms with van der Waals surface area (Å²) in [7, 11) is 0. The molecule has 1 rings (SSSR count). The molecule has 0 atom stereocenters. The number of allylic oxidation sites excluding steroid dienone is 4. The molecule has 2 radical (unpaired) electrons. The molecule has 1 aliphatic heterocycles. The summed E-state index contributed by atoms with van der Waals surface area (Å²) in [5.74, 6) is -0.00963. The van der Waals surface area contributed by atoms with Crippen molar-refractivity contribution < 1.29 is 108 Å². The topological polar surface area (TPSA) is 29.1 Å². The van der Waals surface area contributed by atoms with Gasteiger partial charge in [-0.1, -0.05) is 34.6 Å². The summed E-state index contributed by atoms with van der Waals surface area (Å²) in [6.45, 7) is 15.6. The molecule has 0 aromatic heterocycles. The van der Waals surface area contributed by atoms with Crippen molar-refractivity contribution in [2.75, 3.05) is 0 Å². The maximum absolute atomic E-state index is 11.4. The van der Waals surface area contributed by atoms with Gasteiger partial charge in [0.1, 0.15) is 0 Å². The van der Waals surface area contributed by atoms with Gasteiger partial charge in [-0.15, -0.1) is 6.92 Å². The molecular weight excluding hydrogens is 784 g/mol. The van der Waals surface area contributed by atoms with E-state index in [0.29, 0.717) is 0 Å². The molecule has 6 heteroatoms. The van der Waals surface area contributed by atoms with Gasteiger partial charge in [0.25, 0.3) is 0 Å². The maximum atomic E-state index is 11.4. The zero-order valence-electron chi connectivity index (χ0n) is 15.4. The predicted molar refractivity (Wildman–Crippen MR) is 81.8 cm³/mol. The normalized spacial score (nSPS) is 13.2. The first kappa shape index (κ1) is 44.0. The van der Waals surface area contributed by atoms with Gasteiger partial charge in [0, 0.05) is 109 Å². The summed E-state index contributed by atoms with van der Waals surface area (Å²) >= 11 is 0. The zero-order chi connectivity index (χ0) is 14.0. The fraction of sp³-hybridized carbons (Fsp3) is 0.500. The van der Waals surface area contributed by atoms with Crippen molar-refractivity contribution in [2.24, 2.45) is 0 Å². The van der Waals surface area contributed by atoms with Crippen molar-refractivity contribution in [3.05, 3.63) is 42.0 Å². The van der Waals surface area contributed by atoms with Crippen LogP contribution in [0.5, 0.6) is 0 Å². The molecule has 1 aliphatic rings. The molecule has 2 nitrogen and oxygen atoms in total. The van der Waals surface area contributed by atoms with Crippen LogP contribution in [0.25, 0.3) is 0 Å². The molecule has 22 heavy (non-hydrogen) atoms. The van der Waals surface area contributed by atoms with E-state index in [1.807, 2.05) is 61.5 Å². The summed E-state index contributed by atoms with van der Waals surface area (Å²) in [5, 5.41) is 2.78. The summed E-state index contributed by atoms with van der Waals surface area (Å²) in [6, 6.07) is 0. The number of nitrogens with one attached hydrogen (secondary N) is 1. The average molecular weight is 813 g/mol. The molecule has 0 aromatic rings. The average Bonchev–Trinajstić information content (AvgIpc) is 2.61. The second-order valence-corrected chi connectivity index (χ2v) is 3.20. The summed E-state index contributed by atoms with van der Waals surface area (Å²) in [6.07, 6.45) is 4.85. The second-order valence-electron chi connectivity index (χ2n) is 3.20. The van der Waals surface area contributed by atoms with E-state index < -0.39 is 0 Å². The maximum Gasteiger partial charge on any atom is 0.237 e. The van der Waals surface area contributed by atoms with Gasteiger partial charge in [-0.2, -0.15) is 6.08 Å². The molecule has 1 N–H and O–H groups in total. The molecular formula is C16H29NOUVWY-2. The van der Waals surface area contributed by atoms with Gasteiger partial charge >= 0.3 is 0 Å². The molecule has 0 saturated carbocycles. The third-order valence-electron chi connectivity index (χ3n) is 2.27. The quantitative estimate of drug-likeness (QED) is 0.305. The summed E-state index contributed by atoms with van der Waals surface area (Å²) in [4.78, 5) is 11.4. The SMILES string of the molecule is CC.CC.C[C-]=C(C)/C=C1\C(=O)NC(C)=C1C.[CH3-].[U].[V].[W].[Y]. The van der Waals surface area contributed by atoms with Crippen LogP contribution < -0.4 is 5.32 Å².